The van der Waals surface area contributed by atoms with Crippen molar-refractivity contribution in [3.8, 4) is 0 Å². The number of hydrogen-bond donors (Lipinski definition) is 1. The van der Waals surface area contributed by atoms with Crippen molar-refractivity contribution in [1.82, 2.24) is 5.32 Å². The van der Waals surface area contributed by atoms with E-state index < -0.39 is 10.8 Å². The van der Waals surface area contributed by atoms with Gasteiger partial charge >= 0.3 is 0 Å². The number of hydrogen-bond acceptors (Lipinski definition) is 2. The van der Waals surface area contributed by atoms with Crippen molar-refractivity contribution in [3.63, 3.8) is 0 Å². The van der Waals surface area contributed by atoms with Crippen molar-refractivity contribution < 1.29 is 4.21 Å². The van der Waals surface area contributed by atoms with E-state index >= 15 is 0 Å². The summed E-state index contributed by atoms with van der Waals surface area (Å²) in [5.74, 6) is 0.515. The fourth-order valence-electron chi connectivity index (χ4n) is 2.43. The summed E-state index contributed by atoms with van der Waals surface area (Å²) in [6.45, 7) is 6.49. The van der Waals surface area contributed by atoms with E-state index in [1.165, 1.54) is 25.7 Å². The average molecular weight is 245 g/mol. The van der Waals surface area contributed by atoms with Crippen molar-refractivity contribution in [3.05, 3.63) is 0 Å². The summed E-state index contributed by atoms with van der Waals surface area (Å²) in [6.07, 6.45) is 6.17. The van der Waals surface area contributed by atoms with Gasteiger partial charge < -0.3 is 5.32 Å². The SMILES string of the molecule is CNC1CCCCCC1S(=O)C(C)C(C)C. The molecule has 3 heteroatoms. The van der Waals surface area contributed by atoms with Crippen LogP contribution in [0, 0.1) is 5.92 Å². The van der Waals surface area contributed by atoms with Gasteiger partial charge in [0.15, 0.2) is 0 Å². The van der Waals surface area contributed by atoms with Gasteiger partial charge in [0.1, 0.15) is 0 Å². The summed E-state index contributed by atoms with van der Waals surface area (Å²) in [5, 5.41) is 4.06. The molecule has 0 aromatic heterocycles. The standard InChI is InChI=1S/C13H27NOS/c1-10(2)11(3)16(15)13-9-7-5-6-8-12(13)14-4/h10-14H,5-9H2,1-4H3. The molecule has 16 heavy (non-hydrogen) atoms. The second-order valence-electron chi connectivity index (χ2n) is 5.35. The first-order valence-electron chi connectivity index (χ1n) is 6.64. The highest BCUT2D eigenvalue weighted by atomic mass is 32.2. The summed E-state index contributed by atoms with van der Waals surface area (Å²) in [4.78, 5) is 0. The number of rotatable bonds is 4. The van der Waals surface area contributed by atoms with E-state index in [2.05, 4.69) is 26.1 Å². The minimum atomic E-state index is -0.685. The van der Waals surface area contributed by atoms with Gasteiger partial charge in [-0.25, -0.2) is 0 Å². The van der Waals surface area contributed by atoms with E-state index in [1.54, 1.807) is 0 Å². The van der Waals surface area contributed by atoms with Crippen LogP contribution in [-0.4, -0.2) is 27.8 Å². The molecule has 1 aliphatic carbocycles. The summed E-state index contributed by atoms with van der Waals surface area (Å²) >= 11 is 0. The highest BCUT2D eigenvalue weighted by Gasteiger charge is 2.31. The largest absolute Gasteiger partial charge is 0.316 e. The molecular formula is C13H27NOS. The van der Waals surface area contributed by atoms with Gasteiger partial charge in [-0.15, -0.1) is 0 Å². The van der Waals surface area contributed by atoms with Crippen LogP contribution in [0.1, 0.15) is 52.9 Å². The molecule has 0 bridgehead atoms. The molecule has 1 saturated carbocycles. The van der Waals surface area contributed by atoms with Gasteiger partial charge in [0, 0.05) is 22.1 Å². The molecule has 1 rings (SSSR count). The Bertz CT molecular complexity index is 230. The molecule has 4 atom stereocenters. The van der Waals surface area contributed by atoms with Crippen LogP contribution in [0.25, 0.3) is 0 Å². The van der Waals surface area contributed by atoms with Gasteiger partial charge in [-0.05, 0) is 25.8 Å². The highest BCUT2D eigenvalue weighted by molar-refractivity contribution is 7.86. The third-order valence-electron chi connectivity index (χ3n) is 3.93. The monoisotopic (exact) mass is 245 g/mol. The van der Waals surface area contributed by atoms with Gasteiger partial charge in [0.05, 0.1) is 5.25 Å². The molecule has 0 heterocycles. The van der Waals surface area contributed by atoms with E-state index in [9.17, 15) is 4.21 Å². The van der Waals surface area contributed by atoms with Crippen molar-refractivity contribution in [2.75, 3.05) is 7.05 Å². The van der Waals surface area contributed by atoms with Crippen LogP contribution in [0.5, 0.6) is 0 Å². The van der Waals surface area contributed by atoms with E-state index in [1.807, 2.05) is 7.05 Å². The molecule has 1 fully saturated rings. The Morgan fingerprint density at radius 3 is 2.31 bits per heavy atom. The van der Waals surface area contributed by atoms with Gasteiger partial charge in [-0.3, -0.25) is 4.21 Å². The second kappa shape index (κ2) is 6.75. The van der Waals surface area contributed by atoms with Crippen LogP contribution in [0.4, 0.5) is 0 Å². The van der Waals surface area contributed by atoms with Crippen molar-refractivity contribution in [1.29, 1.82) is 0 Å². The zero-order chi connectivity index (χ0) is 12.1. The molecule has 0 radical (unpaired) electrons. The van der Waals surface area contributed by atoms with Crippen LogP contribution in [0.15, 0.2) is 0 Å². The Kier molecular flexibility index (Phi) is 5.98. The quantitative estimate of drug-likeness (QED) is 0.772. The molecular weight excluding hydrogens is 218 g/mol. The molecule has 0 amide bonds. The Morgan fingerprint density at radius 1 is 1.12 bits per heavy atom. The van der Waals surface area contributed by atoms with Crippen LogP contribution >= 0.6 is 0 Å². The van der Waals surface area contributed by atoms with Crippen LogP contribution in [-0.2, 0) is 10.8 Å². The molecule has 1 aliphatic rings. The molecule has 4 unspecified atom stereocenters. The van der Waals surface area contributed by atoms with E-state index in [-0.39, 0.29) is 0 Å². The smallest absolute Gasteiger partial charge is 0.0503 e. The lowest BCUT2D eigenvalue weighted by atomic mass is 10.1. The Morgan fingerprint density at radius 2 is 1.75 bits per heavy atom. The van der Waals surface area contributed by atoms with Gasteiger partial charge in [0.25, 0.3) is 0 Å². The molecule has 0 aromatic carbocycles. The second-order valence-corrected chi connectivity index (χ2v) is 7.36. The molecule has 2 nitrogen and oxygen atoms in total. The maximum atomic E-state index is 12.5. The minimum Gasteiger partial charge on any atom is -0.316 e. The molecule has 0 saturated heterocycles. The highest BCUT2D eigenvalue weighted by Crippen LogP contribution is 2.25. The molecule has 96 valence electrons. The number of nitrogens with one attached hydrogen (secondary N) is 1. The first kappa shape index (κ1) is 14.2. The third-order valence-corrected chi connectivity index (χ3v) is 6.37. The fourth-order valence-corrected chi connectivity index (χ4v) is 4.51. The zero-order valence-corrected chi connectivity index (χ0v) is 12.0. The van der Waals surface area contributed by atoms with Gasteiger partial charge in [-0.2, -0.15) is 0 Å². The normalized spacial score (nSPS) is 31.1. The Hall–Kier alpha value is 0.110. The summed E-state index contributed by atoms with van der Waals surface area (Å²) in [5.41, 5.74) is 0. The van der Waals surface area contributed by atoms with E-state index in [0.29, 0.717) is 22.5 Å². The van der Waals surface area contributed by atoms with Crippen molar-refractivity contribution in [2.24, 2.45) is 5.92 Å². The summed E-state index contributed by atoms with van der Waals surface area (Å²) in [7, 11) is 1.33. The summed E-state index contributed by atoms with van der Waals surface area (Å²) < 4.78 is 12.5. The zero-order valence-electron chi connectivity index (χ0n) is 11.2. The summed E-state index contributed by atoms with van der Waals surface area (Å²) in [6, 6.07) is 0.463. The lowest BCUT2D eigenvalue weighted by Crippen LogP contribution is -2.42. The molecule has 0 spiro atoms. The molecule has 0 aromatic rings. The Labute approximate surface area is 103 Å². The van der Waals surface area contributed by atoms with E-state index in [0.717, 1.165) is 6.42 Å². The lowest BCUT2D eigenvalue weighted by Gasteiger charge is -2.28. The first-order chi connectivity index (χ1) is 7.57. The average Bonchev–Trinajstić information content (AvgIpc) is 2.51. The Balaban J connectivity index is 2.69. The maximum Gasteiger partial charge on any atom is 0.0503 e. The minimum absolute atomic E-state index is 0.318. The van der Waals surface area contributed by atoms with E-state index in [4.69, 9.17) is 0 Å². The fraction of sp³-hybridized carbons (Fsp3) is 1.00. The topological polar surface area (TPSA) is 29.1 Å². The molecule has 0 aliphatic heterocycles. The predicted octanol–water partition coefficient (Wildman–Crippen LogP) is 2.70. The van der Waals surface area contributed by atoms with Crippen LogP contribution < -0.4 is 5.32 Å². The maximum absolute atomic E-state index is 12.5. The van der Waals surface area contributed by atoms with Crippen molar-refractivity contribution >= 4 is 10.8 Å². The van der Waals surface area contributed by atoms with Gasteiger partial charge in [-0.1, -0.05) is 40.0 Å². The molecule has 1 N–H and O–H groups in total. The van der Waals surface area contributed by atoms with Crippen molar-refractivity contribution in [2.45, 2.75) is 69.4 Å². The van der Waals surface area contributed by atoms with Crippen LogP contribution in [0.3, 0.4) is 0 Å². The van der Waals surface area contributed by atoms with Crippen LogP contribution in [0.2, 0.25) is 0 Å². The third kappa shape index (κ3) is 3.56. The van der Waals surface area contributed by atoms with Gasteiger partial charge in [0.2, 0.25) is 0 Å². The first-order valence-corrected chi connectivity index (χ1v) is 7.92. The predicted molar refractivity (Wildman–Crippen MR) is 72.2 cm³/mol. The lowest BCUT2D eigenvalue weighted by molar-refractivity contribution is 0.492.